The highest BCUT2D eigenvalue weighted by Gasteiger charge is 2.29. The third-order valence-corrected chi connectivity index (χ3v) is 6.93. The van der Waals surface area contributed by atoms with Gasteiger partial charge in [-0.05, 0) is 43.9 Å². The van der Waals surface area contributed by atoms with Crippen LogP contribution in [0.5, 0.6) is 0 Å². The van der Waals surface area contributed by atoms with Crippen molar-refractivity contribution in [2.75, 3.05) is 31.3 Å². The van der Waals surface area contributed by atoms with E-state index in [1.165, 1.54) is 26.4 Å². The number of sulfonamides is 1. The average molecular weight is 354 g/mol. The van der Waals surface area contributed by atoms with Gasteiger partial charge in [0.15, 0.2) is 5.13 Å². The predicted octanol–water partition coefficient (Wildman–Crippen LogP) is 2.77. The maximum atomic E-state index is 11.8. The minimum absolute atomic E-state index is 0.0218. The molecule has 1 aliphatic heterocycles. The smallest absolute Gasteiger partial charge is 0.211 e. The van der Waals surface area contributed by atoms with Gasteiger partial charge in [-0.1, -0.05) is 17.4 Å². The second kappa shape index (κ2) is 6.03. The maximum Gasteiger partial charge on any atom is 0.211 e. The number of benzene rings is 1. The number of hydrogen-bond donors (Lipinski definition) is 0. The highest BCUT2D eigenvalue weighted by molar-refractivity contribution is 7.88. The number of piperidine rings is 1. The van der Waals surface area contributed by atoms with Gasteiger partial charge in [0.25, 0.3) is 0 Å². The summed E-state index contributed by atoms with van der Waals surface area (Å²) in [5.41, 5.74) is 3.51. The number of aryl methyl sites for hydroxylation is 2. The zero-order chi connectivity index (χ0) is 16.8. The van der Waals surface area contributed by atoms with Crippen LogP contribution in [0, 0.1) is 13.8 Å². The van der Waals surface area contributed by atoms with E-state index < -0.39 is 10.0 Å². The number of rotatable bonds is 3. The van der Waals surface area contributed by atoms with Gasteiger partial charge in [0, 0.05) is 26.2 Å². The predicted molar refractivity (Wildman–Crippen MR) is 96.9 cm³/mol. The topological polar surface area (TPSA) is 53.5 Å². The van der Waals surface area contributed by atoms with Crippen molar-refractivity contribution in [1.82, 2.24) is 9.29 Å². The second-order valence-electron chi connectivity index (χ2n) is 6.45. The molecule has 0 radical (unpaired) electrons. The lowest BCUT2D eigenvalue weighted by molar-refractivity contribution is 0.322. The van der Waals surface area contributed by atoms with Gasteiger partial charge in [-0.2, -0.15) is 0 Å². The molecule has 2 aromatic rings. The van der Waals surface area contributed by atoms with Crippen molar-refractivity contribution < 1.29 is 8.42 Å². The number of fused-ring (bicyclic) bond motifs is 1. The molecule has 7 heteroatoms. The molecule has 0 bridgehead atoms. The Morgan fingerprint density at radius 1 is 1.35 bits per heavy atom. The Hall–Kier alpha value is -1.18. The average Bonchev–Trinajstić information content (AvgIpc) is 2.90. The van der Waals surface area contributed by atoms with Crippen LogP contribution in [-0.2, 0) is 10.0 Å². The molecule has 1 atom stereocenters. The number of likely N-dealkylation sites (N-methyl/N-ethyl adjacent to an activating group) is 1. The van der Waals surface area contributed by atoms with E-state index in [-0.39, 0.29) is 6.04 Å². The molecule has 1 aromatic carbocycles. The first kappa shape index (κ1) is 16.7. The molecule has 1 fully saturated rings. The number of aromatic nitrogens is 1. The van der Waals surface area contributed by atoms with E-state index in [4.69, 9.17) is 4.98 Å². The summed E-state index contributed by atoms with van der Waals surface area (Å²) in [5, 5.41) is 1.00. The third kappa shape index (κ3) is 3.36. The fourth-order valence-corrected chi connectivity index (χ4v) is 5.08. The molecule has 0 spiro atoms. The summed E-state index contributed by atoms with van der Waals surface area (Å²) in [5.74, 6) is 0. The molecule has 0 saturated carbocycles. The first-order valence-electron chi connectivity index (χ1n) is 7.81. The Morgan fingerprint density at radius 3 is 2.78 bits per heavy atom. The summed E-state index contributed by atoms with van der Waals surface area (Å²) < 4.78 is 26.3. The lowest BCUT2D eigenvalue weighted by Crippen LogP contribution is -2.48. The summed E-state index contributed by atoms with van der Waals surface area (Å²) in [6.07, 6.45) is 3.16. The van der Waals surface area contributed by atoms with Crippen LogP contribution in [0.4, 0.5) is 5.13 Å². The van der Waals surface area contributed by atoms with Gasteiger partial charge in [-0.25, -0.2) is 17.7 Å². The van der Waals surface area contributed by atoms with Crippen LogP contribution >= 0.6 is 11.3 Å². The van der Waals surface area contributed by atoms with Gasteiger partial charge in [0.05, 0.1) is 16.5 Å². The fraction of sp³-hybridized carbons (Fsp3) is 0.562. The zero-order valence-corrected chi connectivity index (χ0v) is 15.7. The van der Waals surface area contributed by atoms with Crippen molar-refractivity contribution in [2.24, 2.45) is 0 Å². The molecule has 1 unspecified atom stereocenters. The second-order valence-corrected chi connectivity index (χ2v) is 9.50. The SMILES string of the molecule is Cc1cc(C)c2nc(N3CCCC(N(C)S(C)(=O)=O)C3)sc2c1. The van der Waals surface area contributed by atoms with Crippen LogP contribution in [0.2, 0.25) is 0 Å². The van der Waals surface area contributed by atoms with Crippen LogP contribution < -0.4 is 4.90 Å². The van der Waals surface area contributed by atoms with Gasteiger partial charge >= 0.3 is 0 Å². The first-order valence-corrected chi connectivity index (χ1v) is 10.5. The van der Waals surface area contributed by atoms with Crippen LogP contribution in [0.25, 0.3) is 10.2 Å². The van der Waals surface area contributed by atoms with Gasteiger partial charge in [0.2, 0.25) is 10.0 Å². The Bertz CT molecular complexity index is 829. The monoisotopic (exact) mass is 353 g/mol. The normalized spacial score (nSPS) is 19.7. The van der Waals surface area contributed by atoms with Crippen molar-refractivity contribution in [1.29, 1.82) is 0 Å². The van der Waals surface area contributed by atoms with E-state index in [0.717, 1.165) is 30.0 Å². The summed E-state index contributed by atoms with van der Waals surface area (Å²) in [7, 11) is -1.48. The van der Waals surface area contributed by atoms with Gasteiger partial charge in [0.1, 0.15) is 0 Å². The number of hydrogen-bond acceptors (Lipinski definition) is 5. The molecule has 2 heterocycles. The quantitative estimate of drug-likeness (QED) is 0.851. The van der Waals surface area contributed by atoms with Crippen molar-refractivity contribution in [3.63, 3.8) is 0 Å². The molecule has 5 nitrogen and oxygen atoms in total. The molecule has 0 N–H and O–H groups in total. The van der Waals surface area contributed by atoms with Crippen LogP contribution in [0.15, 0.2) is 12.1 Å². The highest BCUT2D eigenvalue weighted by atomic mass is 32.2. The Balaban J connectivity index is 1.88. The van der Waals surface area contributed by atoms with Crippen molar-refractivity contribution in [2.45, 2.75) is 32.7 Å². The molecular formula is C16H23N3O2S2. The molecule has 1 aliphatic rings. The number of thiazole rings is 1. The molecule has 126 valence electrons. The molecule has 3 rings (SSSR count). The summed E-state index contributed by atoms with van der Waals surface area (Å²) in [6, 6.07) is 4.35. The van der Waals surface area contributed by atoms with Crippen LogP contribution in [-0.4, -0.2) is 50.1 Å². The summed E-state index contributed by atoms with van der Waals surface area (Å²) >= 11 is 1.70. The number of anilines is 1. The summed E-state index contributed by atoms with van der Waals surface area (Å²) in [4.78, 5) is 7.04. The van der Waals surface area contributed by atoms with Gasteiger partial charge in [-0.15, -0.1) is 0 Å². The molecule has 1 saturated heterocycles. The Kier molecular flexibility index (Phi) is 4.37. The maximum absolute atomic E-state index is 11.8. The van der Waals surface area contributed by atoms with Crippen molar-refractivity contribution >= 4 is 36.7 Å². The standard InChI is InChI=1S/C16H23N3O2S2/c1-11-8-12(2)15-14(9-11)22-16(17-15)19-7-5-6-13(10-19)18(3)23(4,20)21/h8-9,13H,5-7,10H2,1-4H3. The number of nitrogens with zero attached hydrogens (tertiary/aromatic N) is 3. The van der Waals surface area contributed by atoms with E-state index in [1.54, 1.807) is 18.4 Å². The lowest BCUT2D eigenvalue weighted by Gasteiger charge is -2.36. The third-order valence-electron chi connectivity index (χ3n) is 4.52. The minimum atomic E-state index is -3.16. The van der Waals surface area contributed by atoms with Crippen LogP contribution in [0.3, 0.4) is 0 Å². The molecule has 0 amide bonds. The fourth-order valence-electron chi connectivity index (χ4n) is 3.19. The van der Waals surface area contributed by atoms with E-state index >= 15 is 0 Å². The van der Waals surface area contributed by atoms with Crippen molar-refractivity contribution in [3.8, 4) is 0 Å². The Morgan fingerprint density at radius 2 is 2.09 bits per heavy atom. The largest absolute Gasteiger partial charge is 0.346 e. The van der Waals surface area contributed by atoms with E-state index in [1.807, 2.05) is 0 Å². The molecule has 23 heavy (non-hydrogen) atoms. The van der Waals surface area contributed by atoms with E-state index in [2.05, 4.69) is 30.9 Å². The summed E-state index contributed by atoms with van der Waals surface area (Å²) in [6.45, 7) is 5.84. The van der Waals surface area contributed by atoms with Gasteiger partial charge < -0.3 is 4.90 Å². The van der Waals surface area contributed by atoms with E-state index in [0.29, 0.717) is 6.54 Å². The zero-order valence-electron chi connectivity index (χ0n) is 14.0. The van der Waals surface area contributed by atoms with E-state index in [9.17, 15) is 8.42 Å². The van der Waals surface area contributed by atoms with Gasteiger partial charge in [-0.3, -0.25) is 0 Å². The first-order chi connectivity index (χ1) is 10.8. The lowest BCUT2D eigenvalue weighted by atomic mass is 10.1. The molecule has 1 aromatic heterocycles. The Labute approximate surface area is 142 Å². The van der Waals surface area contributed by atoms with Crippen LogP contribution in [0.1, 0.15) is 24.0 Å². The molecule has 0 aliphatic carbocycles. The highest BCUT2D eigenvalue weighted by Crippen LogP contribution is 2.33. The molecular weight excluding hydrogens is 330 g/mol. The van der Waals surface area contributed by atoms with Crippen molar-refractivity contribution in [3.05, 3.63) is 23.3 Å². The minimum Gasteiger partial charge on any atom is -0.346 e.